The minimum Gasteiger partial charge on any atom is -0.355 e. The van der Waals surface area contributed by atoms with E-state index in [-0.39, 0.29) is 0 Å². The highest BCUT2D eigenvalue weighted by atomic mass is 14.9. The smallest absolute Gasteiger partial charge is 0.0922 e. The molecule has 1 aliphatic carbocycles. The first-order valence-electron chi connectivity index (χ1n) is 10.1. The van der Waals surface area contributed by atoms with Gasteiger partial charge in [-0.2, -0.15) is 0 Å². The van der Waals surface area contributed by atoms with Crippen molar-refractivity contribution in [2.45, 2.75) is 32.1 Å². The van der Waals surface area contributed by atoms with E-state index in [0.717, 1.165) is 46.7 Å². The van der Waals surface area contributed by atoms with E-state index in [2.05, 4.69) is 57.2 Å². The highest BCUT2D eigenvalue weighted by Crippen LogP contribution is 2.40. The van der Waals surface area contributed by atoms with Crippen LogP contribution in [-0.2, 0) is 0 Å². The van der Waals surface area contributed by atoms with Crippen LogP contribution in [0.5, 0.6) is 0 Å². The Labute approximate surface area is 167 Å². The van der Waals surface area contributed by atoms with Gasteiger partial charge < -0.3 is 9.97 Å². The molecule has 2 N–H and O–H groups in total. The molecule has 0 amide bonds. The third-order valence-electron chi connectivity index (χ3n) is 6.09. The molecule has 0 radical (unpaired) electrons. The Morgan fingerprint density at radius 3 is 2.62 bits per heavy atom. The number of fused-ring (bicyclic) bond motifs is 6. The summed E-state index contributed by atoms with van der Waals surface area (Å²) in [6, 6.07) is 4.14. The second-order valence-electron chi connectivity index (χ2n) is 7.95. The maximum atomic E-state index is 5.11. The summed E-state index contributed by atoms with van der Waals surface area (Å²) in [6.07, 6.45) is 17.2. The molecule has 1 unspecified atom stereocenters. The highest BCUT2D eigenvalue weighted by Gasteiger charge is 2.24. The van der Waals surface area contributed by atoms with Gasteiger partial charge in [-0.05, 0) is 43.0 Å². The monoisotopic (exact) mass is 379 g/mol. The molecule has 0 bridgehead atoms. The Kier molecular flexibility index (Phi) is 3.57. The second-order valence-corrected chi connectivity index (χ2v) is 7.95. The fourth-order valence-corrected chi connectivity index (χ4v) is 4.62. The minimum absolute atomic E-state index is 0.412. The van der Waals surface area contributed by atoms with E-state index >= 15 is 0 Å². The molecular weight excluding hydrogens is 358 g/mol. The first-order valence-corrected chi connectivity index (χ1v) is 10.1. The predicted octanol–water partition coefficient (Wildman–Crippen LogP) is 4.00. The zero-order chi connectivity index (χ0) is 19.4. The number of aliphatic imine (C=N–C) groups is 1. The van der Waals surface area contributed by atoms with Gasteiger partial charge in [0.25, 0.3) is 0 Å². The van der Waals surface area contributed by atoms with Gasteiger partial charge in [-0.25, -0.2) is 0 Å². The van der Waals surface area contributed by atoms with Gasteiger partial charge in [0, 0.05) is 51.1 Å². The van der Waals surface area contributed by atoms with Crippen LogP contribution in [0.25, 0.3) is 34.0 Å². The number of H-pyrrole nitrogens is 2. The van der Waals surface area contributed by atoms with Crippen LogP contribution in [0.15, 0.2) is 53.6 Å². The van der Waals surface area contributed by atoms with E-state index < -0.39 is 0 Å². The lowest BCUT2D eigenvalue weighted by Gasteiger charge is -2.21. The molecule has 0 aromatic carbocycles. The summed E-state index contributed by atoms with van der Waals surface area (Å²) in [4.78, 5) is 20.6. The predicted molar refractivity (Wildman–Crippen MR) is 118 cm³/mol. The van der Waals surface area contributed by atoms with Gasteiger partial charge in [0.2, 0.25) is 0 Å². The zero-order valence-electron chi connectivity index (χ0n) is 16.2. The van der Waals surface area contributed by atoms with Gasteiger partial charge in [-0.3, -0.25) is 15.0 Å². The molecule has 4 aromatic heterocycles. The Morgan fingerprint density at radius 2 is 1.76 bits per heavy atom. The van der Waals surface area contributed by atoms with Gasteiger partial charge in [0.05, 0.1) is 29.1 Å². The molecule has 0 spiro atoms. The van der Waals surface area contributed by atoms with Gasteiger partial charge in [-0.15, -0.1) is 0 Å². The van der Waals surface area contributed by atoms with Gasteiger partial charge in [0.1, 0.15) is 0 Å². The van der Waals surface area contributed by atoms with Crippen LogP contribution in [0, 0.1) is 0 Å². The Hall–Kier alpha value is -3.47. The maximum absolute atomic E-state index is 5.11. The topological polar surface area (TPSA) is 69.7 Å². The van der Waals surface area contributed by atoms with Crippen molar-refractivity contribution >= 4 is 45.4 Å². The standard InChI is InChI=1S/C24H21N5/c1-14-11-20(28-24-18-8-10-26-13-22(18)29-23(14)24)15-3-2-4-16-17-7-9-25-12-21(17)27-19(16)6-5-15/h4-10,12-14,27,29H,2-3,11H2,1H3/b15-5+,16-4-,19-6+. The normalized spacial score (nSPS) is 22.9. The maximum Gasteiger partial charge on any atom is 0.0922 e. The van der Waals surface area contributed by atoms with Crippen molar-refractivity contribution in [3.05, 3.63) is 64.8 Å². The summed E-state index contributed by atoms with van der Waals surface area (Å²) in [6.45, 7) is 2.28. The van der Waals surface area contributed by atoms with Crippen molar-refractivity contribution in [3.63, 3.8) is 0 Å². The Bertz CT molecular complexity index is 1450. The first kappa shape index (κ1) is 16.5. The molecule has 5 heteroatoms. The average Bonchev–Trinajstić information content (AvgIpc) is 3.27. The first-order chi connectivity index (χ1) is 14.3. The average molecular weight is 379 g/mol. The van der Waals surface area contributed by atoms with E-state index in [9.17, 15) is 0 Å². The Morgan fingerprint density at radius 1 is 0.966 bits per heavy atom. The fraction of sp³-hybridized carbons (Fsp3) is 0.208. The van der Waals surface area contributed by atoms with Crippen molar-refractivity contribution in [1.82, 2.24) is 19.9 Å². The van der Waals surface area contributed by atoms with E-state index in [1.807, 2.05) is 24.8 Å². The SMILES string of the molecule is CC1CC(/C2=C/C=c3/[nH]c4cnccc4/c3=C/CC2)=Nc2c1[nH]c1cnccc21. The van der Waals surface area contributed by atoms with Gasteiger partial charge in [0.15, 0.2) is 0 Å². The zero-order valence-corrected chi connectivity index (χ0v) is 16.2. The number of rotatable bonds is 1. The molecule has 0 fully saturated rings. The number of hydrogen-bond acceptors (Lipinski definition) is 3. The van der Waals surface area contributed by atoms with Crippen LogP contribution in [-0.4, -0.2) is 25.6 Å². The van der Waals surface area contributed by atoms with Crippen molar-refractivity contribution in [2.24, 2.45) is 4.99 Å². The molecule has 5 nitrogen and oxygen atoms in total. The molecule has 0 saturated carbocycles. The number of hydrogen-bond donors (Lipinski definition) is 2. The summed E-state index contributed by atoms with van der Waals surface area (Å²) >= 11 is 0. The molecule has 1 aliphatic heterocycles. The third-order valence-corrected chi connectivity index (χ3v) is 6.09. The summed E-state index contributed by atoms with van der Waals surface area (Å²) in [5.74, 6) is 0.412. The number of aromatic nitrogens is 4. The van der Waals surface area contributed by atoms with Gasteiger partial charge in [-0.1, -0.05) is 19.1 Å². The van der Waals surface area contributed by atoms with Crippen molar-refractivity contribution < 1.29 is 0 Å². The van der Waals surface area contributed by atoms with Gasteiger partial charge >= 0.3 is 0 Å². The molecule has 4 aromatic rings. The third kappa shape index (κ3) is 2.58. The number of nitrogens with zero attached hydrogens (tertiary/aromatic N) is 3. The number of nitrogens with one attached hydrogen (secondary N) is 2. The number of pyridine rings is 2. The van der Waals surface area contributed by atoms with Crippen LogP contribution in [0.3, 0.4) is 0 Å². The van der Waals surface area contributed by atoms with Crippen LogP contribution < -0.4 is 10.6 Å². The number of aromatic amines is 2. The van der Waals surface area contributed by atoms with Crippen LogP contribution in [0.1, 0.15) is 37.8 Å². The fourth-order valence-electron chi connectivity index (χ4n) is 4.62. The van der Waals surface area contributed by atoms with Crippen molar-refractivity contribution in [2.75, 3.05) is 0 Å². The molecule has 142 valence electrons. The van der Waals surface area contributed by atoms with E-state index in [1.54, 1.807) is 0 Å². The molecule has 29 heavy (non-hydrogen) atoms. The summed E-state index contributed by atoms with van der Waals surface area (Å²) in [7, 11) is 0. The lowest BCUT2D eigenvalue weighted by Crippen LogP contribution is -2.23. The quantitative estimate of drug-likeness (QED) is 0.525. The lowest BCUT2D eigenvalue weighted by atomic mass is 9.90. The summed E-state index contributed by atoms with van der Waals surface area (Å²) in [5.41, 5.74) is 6.99. The summed E-state index contributed by atoms with van der Waals surface area (Å²) in [5, 5.41) is 4.83. The van der Waals surface area contributed by atoms with E-state index in [4.69, 9.17) is 4.99 Å². The van der Waals surface area contributed by atoms with Crippen LogP contribution >= 0.6 is 0 Å². The van der Waals surface area contributed by atoms with E-state index in [1.165, 1.54) is 27.6 Å². The molecule has 0 saturated heterocycles. The minimum atomic E-state index is 0.412. The van der Waals surface area contributed by atoms with Crippen LogP contribution in [0.4, 0.5) is 5.69 Å². The molecule has 6 rings (SSSR count). The molecule has 1 atom stereocenters. The van der Waals surface area contributed by atoms with E-state index in [0.29, 0.717) is 5.92 Å². The van der Waals surface area contributed by atoms with Crippen molar-refractivity contribution in [3.8, 4) is 0 Å². The second kappa shape index (κ2) is 6.27. The highest BCUT2D eigenvalue weighted by molar-refractivity contribution is 6.07. The van der Waals surface area contributed by atoms with Crippen molar-refractivity contribution in [1.29, 1.82) is 0 Å². The number of allylic oxidation sites excluding steroid dienone is 2. The lowest BCUT2D eigenvalue weighted by molar-refractivity contribution is 0.765. The Balaban J connectivity index is 1.49. The summed E-state index contributed by atoms with van der Waals surface area (Å²) < 4.78 is 0. The molecular formula is C24H21N5. The van der Waals surface area contributed by atoms with Crippen LogP contribution in [0.2, 0.25) is 0 Å². The molecule has 5 heterocycles. The largest absolute Gasteiger partial charge is 0.355 e. The molecule has 2 aliphatic rings.